The predicted molar refractivity (Wildman–Crippen MR) is 75.0 cm³/mol. The number of hydrogen-bond acceptors (Lipinski definition) is 2. The molecule has 0 unspecified atom stereocenters. The average Bonchev–Trinajstić information content (AvgIpc) is 2.25. The van der Waals surface area contributed by atoms with Gasteiger partial charge in [0.2, 0.25) is 0 Å². The van der Waals surface area contributed by atoms with Crippen LogP contribution in [0.15, 0.2) is 22.7 Å². The molecular formula is C11H14BrIN2. The summed E-state index contributed by atoms with van der Waals surface area (Å²) in [6, 6.07) is 6.53. The molecule has 0 bridgehead atoms. The van der Waals surface area contributed by atoms with Crippen molar-refractivity contribution in [2.24, 2.45) is 0 Å². The minimum Gasteiger partial charge on any atom is -0.314 e. The molecule has 0 radical (unpaired) electrons. The maximum atomic E-state index is 3.61. The van der Waals surface area contributed by atoms with Crippen molar-refractivity contribution in [2.45, 2.75) is 6.54 Å². The third kappa shape index (κ3) is 3.41. The van der Waals surface area contributed by atoms with E-state index in [9.17, 15) is 0 Å². The third-order valence-electron chi connectivity index (χ3n) is 2.61. The summed E-state index contributed by atoms with van der Waals surface area (Å²) in [5.41, 5.74) is 1.39. The minimum absolute atomic E-state index is 1.05. The molecule has 1 heterocycles. The van der Waals surface area contributed by atoms with Crippen molar-refractivity contribution in [1.82, 2.24) is 10.2 Å². The maximum Gasteiger partial charge on any atom is 0.0246 e. The summed E-state index contributed by atoms with van der Waals surface area (Å²) in [4.78, 5) is 2.49. The normalized spacial score (nSPS) is 18.0. The lowest BCUT2D eigenvalue weighted by Crippen LogP contribution is -2.42. The van der Waals surface area contributed by atoms with Crippen molar-refractivity contribution in [3.8, 4) is 0 Å². The highest BCUT2D eigenvalue weighted by molar-refractivity contribution is 14.1. The van der Waals surface area contributed by atoms with E-state index in [-0.39, 0.29) is 0 Å². The summed E-state index contributed by atoms with van der Waals surface area (Å²) in [5, 5.41) is 3.37. The summed E-state index contributed by atoms with van der Waals surface area (Å²) in [6.07, 6.45) is 0. The van der Waals surface area contributed by atoms with E-state index in [1.54, 1.807) is 0 Å². The smallest absolute Gasteiger partial charge is 0.0246 e. The zero-order valence-corrected chi connectivity index (χ0v) is 12.2. The van der Waals surface area contributed by atoms with Gasteiger partial charge in [0.1, 0.15) is 0 Å². The van der Waals surface area contributed by atoms with Crippen molar-refractivity contribution < 1.29 is 0 Å². The molecule has 15 heavy (non-hydrogen) atoms. The van der Waals surface area contributed by atoms with Crippen LogP contribution >= 0.6 is 38.5 Å². The van der Waals surface area contributed by atoms with Crippen LogP contribution in [0, 0.1) is 3.57 Å². The Labute approximate surface area is 113 Å². The lowest BCUT2D eigenvalue weighted by Gasteiger charge is -2.27. The Balaban J connectivity index is 2.05. The number of piperazine rings is 1. The highest BCUT2D eigenvalue weighted by Crippen LogP contribution is 2.21. The van der Waals surface area contributed by atoms with Crippen molar-refractivity contribution in [3.05, 3.63) is 31.8 Å². The summed E-state index contributed by atoms with van der Waals surface area (Å²) < 4.78 is 2.53. The van der Waals surface area contributed by atoms with E-state index in [0.29, 0.717) is 0 Å². The quantitative estimate of drug-likeness (QED) is 0.793. The second-order valence-corrected chi connectivity index (χ2v) is 5.86. The number of halogens is 2. The highest BCUT2D eigenvalue weighted by Gasteiger charge is 2.11. The largest absolute Gasteiger partial charge is 0.314 e. The number of benzene rings is 1. The minimum atomic E-state index is 1.05. The summed E-state index contributed by atoms with van der Waals surface area (Å²) >= 11 is 5.98. The zero-order chi connectivity index (χ0) is 10.7. The number of nitrogens with one attached hydrogen (secondary N) is 1. The van der Waals surface area contributed by atoms with Gasteiger partial charge in [-0.2, -0.15) is 0 Å². The van der Waals surface area contributed by atoms with Gasteiger partial charge in [0.15, 0.2) is 0 Å². The van der Waals surface area contributed by atoms with Gasteiger partial charge < -0.3 is 5.32 Å². The fourth-order valence-corrected chi connectivity index (χ4v) is 2.70. The molecule has 1 aromatic carbocycles. The summed E-state index contributed by atoms with van der Waals surface area (Å²) in [6.45, 7) is 5.58. The van der Waals surface area contributed by atoms with E-state index in [1.807, 2.05) is 0 Å². The van der Waals surface area contributed by atoms with Gasteiger partial charge in [0.05, 0.1) is 0 Å². The molecule has 1 aliphatic heterocycles. The fourth-order valence-electron chi connectivity index (χ4n) is 1.77. The van der Waals surface area contributed by atoms with Crippen LogP contribution in [-0.4, -0.2) is 31.1 Å². The predicted octanol–water partition coefficient (Wildman–Crippen LogP) is 2.46. The molecule has 2 rings (SSSR count). The Hall–Kier alpha value is 0.350. The van der Waals surface area contributed by atoms with E-state index in [1.165, 1.54) is 13.6 Å². The first-order valence-electron chi connectivity index (χ1n) is 5.13. The van der Waals surface area contributed by atoms with Gasteiger partial charge in [0.25, 0.3) is 0 Å². The lowest BCUT2D eigenvalue weighted by molar-refractivity contribution is 0.233. The average molecular weight is 381 g/mol. The Morgan fingerprint density at radius 2 is 2.07 bits per heavy atom. The number of nitrogens with zero attached hydrogens (tertiary/aromatic N) is 1. The third-order valence-corrected chi connectivity index (χ3v) is 4.06. The second-order valence-electron chi connectivity index (χ2n) is 3.76. The molecule has 2 nitrogen and oxygen atoms in total. The molecule has 0 amide bonds. The molecule has 1 aromatic rings. The molecule has 1 fully saturated rings. The van der Waals surface area contributed by atoms with Crippen LogP contribution in [0.3, 0.4) is 0 Å². The van der Waals surface area contributed by atoms with Crippen molar-refractivity contribution >= 4 is 38.5 Å². The molecule has 0 saturated carbocycles. The Morgan fingerprint density at radius 3 is 2.80 bits per heavy atom. The molecular weight excluding hydrogens is 367 g/mol. The summed E-state index contributed by atoms with van der Waals surface area (Å²) in [7, 11) is 0. The van der Waals surface area contributed by atoms with Crippen LogP contribution in [0.1, 0.15) is 5.56 Å². The van der Waals surface area contributed by atoms with Crippen LogP contribution in [0.5, 0.6) is 0 Å². The first kappa shape index (κ1) is 11.8. The maximum absolute atomic E-state index is 3.61. The monoisotopic (exact) mass is 380 g/mol. The Kier molecular flexibility index (Phi) is 4.42. The van der Waals surface area contributed by atoms with Gasteiger partial charge in [-0.25, -0.2) is 0 Å². The fraction of sp³-hybridized carbons (Fsp3) is 0.455. The van der Waals surface area contributed by atoms with Crippen molar-refractivity contribution in [2.75, 3.05) is 26.2 Å². The Morgan fingerprint density at radius 1 is 1.33 bits per heavy atom. The van der Waals surface area contributed by atoms with Crippen LogP contribution in [0.2, 0.25) is 0 Å². The number of rotatable bonds is 2. The molecule has 82 valence electrons. The molecule has 0 atom stereocenters. The molecule has 0 spiro atoms. The van der Waals surface area contributed by atoms with Gasteiger partial charge >= 0.3 is 0 Å². The van der Waals surface area contributed by atoms with Crippen LogP contribution in [0.25, 0.3) is 0 Å². The first-order valence-corrected chi connectivity index (χ1v) is 7.00. The topological polar surface area (TPSA) is 15.3 Å². The van der Waals surface area contributed by atoms with E-state index in [4.69, 9.17) is 0 Å². The first-order chi connectivity index (χ1) is 7.25. The van der Waals surface area contributed by atoms with Crippen LogP contribution in [0.4, 0.5) is 0 Å². The van der Waals surface area contributed by atoms with Gasteiger partial charge in [-0.1, -0.05) is 15.9 Å². The summed E-state index contributed by atoms with van der Waals surface area (Å²) in [5.74, 6) is 0. The van der Waals surface area contributed by atoms with E-state index < -0.39 is 0 Å². The second kappa shape index (κ2) is 5.61. The molecule has 1 N–H and O–H groups in total. The van der Waals surface area contributed by atoms with E-state index in [2.05, 4.69) is 66.9 Å². The van der Waals surface area contributed by atoms with Gasteiger partial charge in [0, 0.05) is 40.8 Å². The molecule has 1 saturated heterocycles. The van der Waals surface area contributed by atoms with E-state index in [0.717, 1.165) is 32.7 Å². The Bertz CT molecular complexity index is 337. The van der Waals surface area contributed by atoms with E-state index >= 15 is 0 Å². The lowest BCUT2D eigenvalue weighted by atomic mass is 10.2. The van der Waals surface area contributed by atoms with Crippen LogP contribution < -0.4 is 5.32 Å². The molecule has 0 aromatic heterocycles. The van der Waals surface area contributed by atoms with Crippen molar-refractivity contribution in [3.63, 3.8) is 0 Å². The van der Waals surface area contributed by atoms with Crippen molar-refractivity contribution in [1.29, 1.82) is 0 Å². The highest BCUT2D eigenvalue weighted by atomic mass is 127. The SMILES string of the molecule is Brc1ccc(I)cc1CN1CCNCC1. The molecule has 1 aliphatic rings. The molecule has 4 heteroatoms. The standard InChI is InChI=1S/C11H14BrIN2/c12-11-2-1-10(13)7-9(11)8-15-5-3-14-4-6-15/h1-2,7,14H,3-6,8H2. The van der Waals surface area contributed by atoms with Gasteiger partial charge in [-0.05, 0) is 46.4 Å². The van der Waals surface area contributed by atoms with Gasteiger partial charge in [-0.3, -0.25) is 4.90 Å². The number of hydrogen-bond donors (Lipinski definition) is 1. The van der Waals surface area contributed by atoms with Crippen LogP contribution in [-0.2, 0) is 6.54 Å². The zero-order valence-electron chi connectivity index (χ0n) is 8.47. The molecule has 0 aliphatic carbocycles. The van der Waals surface area contributed by atoms with Gasteiger partial charge in [-0.15, -0.1) is 0 Å².